The summed E-state index contributed by atoms with van der Waals surface area (Å²) in [6.07, 6.45) is 0.324. The summed E-state index contributed by atoms with van der Waals surface area (Å²) in [6.45, 7) is 0.430. The fourth-order valence-corrected chi connectivity index (χ4v) is 2.50. The van der Waals surface area contributed by atoms with Gasteiger partial charge in [0.05, 0.1) is 25.4 Å². The van der Waals surface area contributed by atoms with Gasteiger partial charge in [0.2, 0.25) is 5.91 Å². The molecule has 1 aromatic rings. The molecular weight excluding hydrogens is 279 g/mol. The van der Waals surface area contributed by atoms with Crippen LogP contribution in [0.15, 0.2) is 18.2 Å². The highest BCUT2D eigenvalue weighted by Crippen LogP contribution is 2.24. The summed E-state index contributed by atoms with van der Waals surface area (Å²) in [5.41, 5.74) is 0.727. The molecule has 4 nitrogen and oxygen atoms in total. The van der Waals surface area contributed by atoms with Crippen LogP contribution in [0.25, 0.3) is 0 Å². The highest BCUT2D eigenvalue weighted by molar-refractivity contribution is 7.99. The second kappa shape index (κ2) is 8.43. The van der Waals surface area contributed by atoms with Crippen LogP contribution in [0.4, 0.5) is 4.39 Å². The largest absolute Gasteiger partial charge is 0.496 e. The van der Waals surface area contributed by atoms with Gasteiger partial charge in [0, 0.05) is 24.9 Å². The van der Waals surface area contributed by atoms with Gasteiger partial charge in [-0.05, 0) is 18.2 Å². The minimum absolute atomic E-state index is 0.0411. The Kier molecular flexibility index (Phi) is 6.88. The number of ether oxygens (including phenoxy) is 1. The Hall–Kier alpha value is -1.74. The summed E-state index contributed by atoms with van der Waals surface area (Å²) in [5, 5.41) is 8.46. The van der Waals surface area contributed by atoms with Crippen LogP contribution in [0.5, 0.6) is 5.75 Å². The Morgan fingerprint density at radius 2 is 2.30 bits per heavy atom. The molecule has 0 unspecified atom stereocenters. The molecule has 0 N–H and O–H groups in total. The first kappa shape index (κ1) is 16.3. The van der Waals surface area contributed by atoms with Crippen molar-refractivity contribution in [3.8, 4) is 11.8 Å². The number of methoxy groups -OCH3 is 1. The molecule has 0 bridgehead atoms. The van der Waals surface area contributed by atoms with Crippen molar-refractivity contribution in [2.24, 2.45) is 0 Å². The predicted molar refractivity (Wildman–Crippen MR) is 77.0 cm³/mol. The Bertz CT molecular complexity index is 502. The number of amides is 1. The highest BCUT2D eigenvalue weighted by atomic mass is 32.2. The Balaban J connectivity index is 2.46. The minimum Gasteiger partial charge on any atom is -0.496 e. The third-order valence-corrected chi connectivity index (χ3v) is 3.68. The van der Waals surface area contributed by atoms with Gasteiger partial charge in [-0.3, -0.25) is 4.79 Å². The lowest BCUT2D eigenvalue weighted by Crippen LogP contribution is -2.29. The molecule has 0 aliphatic rings. The molecule has 1 amide bonds. The minimum atomic E-state index is -0.320. The fraction of sp³-hybridized carbons (Fsp3) is 0.429. The van der Waals surface area contributed by atoms with Gasteiger partial charge < -0.3 is 9.64 Å². The van der Waals surface area contributed by atoms with Crippen LogP contribution in [0.1, 0.15) is 12.0 Å². The lowest BCUT2D eigenvalue weighted by Gasteiger charge is -2.15. The van der Waals surface area contributed by atoms with Gasteiger partial charge in [-0.1, -0.05) is 0 Å². The summed E-state index contributed by atoms with van der Waals surface area (Å²) in [7, 11) is 3.20. The van der Waals surface area contributed by atoms with Gasteiger partial charge in [-0.2, -0.15) is 5.26 Å². The third-order valence-electron chi connectivity index (χ3n) is 2.71. The Morgan fingerprint density at radius 3 is 2.95 bits per heavy atom. The van der Waals surface area contributed by atoms with E-state index in [4.69, 9.17) is 10.00 Å². The maximum absolute atomic E-state index is 13.2. The number of benzene rings is 1. The molecule has 108 valence electrons. The highest BCUT2D eigenvalue weighted by Gasteiger charge is 2.10. The van der Waals surface area contributed by atoms with E-state index < -0.39 is 0 Å². The van der Waals surface area contributed by atoms with Crippen LogP contribution in [-0.4, -0.2) is 37.3 Å². The van der Waals surface area contributed by atoms with E-state index in [0.29, 0.717) is 30.2 Å². The van der Waals surface area contributed by atoms with Crippen LogP contribution < -0.4 is 4.74 Å². The van der Waals surface area contributed by atoms with E-state index in [1.165, 1.54) is 35.9 Å². The van der Waals surface area contributed by atoms with E-state index in [9.17, 15) is 9.18 Å². The number of halogens is 1. The average molecular weight is 296 g/mol. The van der Waals surface area contributed by atoms with Gasteiger partial charge >= 0.3 is 0 Å². The number of nitriles is 1. The van der Waals surface area contributed by atoms with E-state index in [0.717, 1.165) is 5.56 Å². The van der Waals surface area contributed by atoms with E-state index in [1.807, 2.05) is 6.07 Å². The molecule has 1 aromatic carbocycles. The number of thioether (sulfide) groups is 1. The first-order valence-electron chi connectivity index (χ1n) is 6.09. The van der Waals surface area contributed by atoms with Crippen LogP contribution in [0, 0.1) is 17.1 Å². The first-order valence-corrected chi connectivity index (χ1v) is 7.25. The van der Waals surface area contributed by atoms with Crippen molar-refractivity contribution >= 4 is 17.7 Å². The van der Waals surface area contributed by atoms with Crippen LogP contribution in [-0.2, 0) is 10.5 Å². The number of rotatable bonds is 7. The van der Waals surface area contributed by atoms with E-state index >= 15 is 0 Å². The molecule has 6 heteroatoms. The summed E-state index contributed by atoms with van der Waals surface area (Å²) in [4.78, 5) is 13.3. The Morgan fingerprint density at radius 1 is 1.55 bits per heavy atom. The molecule has 0 atom stereocenters. The summed E-state index contributed by atoms with van der Waals surface area (Å²) in [6, 6.07) is 6.33. The van der Waals surface area contributed by atoms with Crippen molar-refractivity contribution in [1.29, 1.82) is 5.26 Å². The van der Waals surface area contributed by atoms with Gasteiger partial charge in [-0.15, -0.1) is 11.8 Å². The number of carbonyl (C=O) groups is 1. The molecule has 0 saturated carbocycles. The molecule has 20 heavy (non-hydrogen) atoms. The third kappa shape index (κ3) is 5.10. The first-order chi connectivity index (χ1) is 9.58. The topological polar surface area (TPSA) is 53.3 Å². The number of hydrogen-bond donors (Lipinski definition) is 0. The summed E-state index contributed by atoms with van der Waals surface area (Å²) >= 11 is 1.39. The normalized spacial score (nSPS) is 9.90. The molecule has 0 radical (unpaired) electrons. The van der Waals surface area contributed by atoms with Crippen LogP contribution in [0.3, 0.4) is 0 Å². The molecule has 0 fully saturated rings. The summed E-state index contributed by atoms with van der Waals surface area (Å²) in [5.74, 6) is 1.05. The smallest absolute Gasteiger partial charge is 0.232 e. The van der Waals surface area contributed by atoms with Gasteiger partial charge in [0.15, 0.2) is 0 Å². The van der Waals surface area contributed by atoms with Crippen molar-refractivity contribution in [2.45, 2.75) is 12.2 Å². The molecule has 0 saturated heterocycles. The zero-order chi connectivity index (χ0) is 15.0. The maximum atomic E-state index is 13.2. The quantitative estimate of drug-likeness (QED) is 0.775. The second-order valence-electron chi connectivity index (χ2n) is 4.17. The summed E-state index contributed by atoms with van der Waals surface area (Å²) < 4.78 is 18.3. The SMILES string of the molecule is COc1ccc(F)cc1CSCC(=O)N(C)CCC#N. The Labute approximate surface area is 122 Å². The molecule has 1 rings (SSSR count). The maximum Gasteiger partial charge on any atom is 0.232 e. The molecule has 0 heterocycles. The number of hydrogen-bond acceptors (Lipinski definition) is 4. The van der Waals surface area contributed by atoms with E-state index in [-0.39, 0.29) is 11.7 Å². The van der Waals surface area contributed by atoms with Crippen LogP contribution in [0.2, 0.25) is 0 Å². The lowest BCUT2D eigenvalue weighted by atomic mass is 10.2. The standard InChI is InChI=1S/C14H17FN2O2S/c1-17(7-3-6-16)14(18)10-20-9-11-8-12(15)4-5-13(11)19-2/h4-5,8H,3,7,9-10H2,1-2H3. The van der Waals surface area contributed by atoms with Gasteiger partial charge in [0.25, 0.3) is 0 Å². The predicted octanol–water partition coefficient (Wildman–Crippen LogP) is 2.44. The average Bonchev–Trinajstić information content (AvgIpc) is 2.44. The molecular formula is C14H17FN2O2S. The monoisotopic (exact) mass is 296 g/mol. The van der Waals surface area contributed by atoms with Crippen molar-refractivity contribution in [3.63, 3.8) is 0 Å². The second-order valence-corrected chi connectivity index (χ2v) is 5.16. The number of nitrogens with zero attached hydrogens (tertiary/aromatic N) is 2. The van der Waals surface area contributed by atoms with Gasteiger partial charge in [0.1, 0.15) is 11.6 Å². The van der Waals surface area contributed by atoms with Crippen molar-refractivity contribution in [3.05, 3.63) is 29.6 Å². The van der Waals surface area contributed by atoms with Crippen molar-refractivity contribution in [1.82, 2.24) is 4.90 Å². The van der Waals surface area contributed by atoms with Crippen molar-refractivity contribution < 1.29 is 13.9 Å². The zero-order valence-corrected chi connectivity index (χ0v) is 12.4. The molecule has 0 aliphatic heterocycles. The fourth-order valence-electron chi connectivity index (χ4n) is 1.56. The zero-order valence-electron chi connectivity index (χ0n) is 11.6. The lowest BCUT2D eigenvalue weighted by molar-refractivity contribution is -0.127. The van der Waals surface area contributed by atoms with E-state index in [1.54, 1.807) is 13.1 Å². The van der Waals surface area contributed by atoms with E-state index in [2.05, 4.69) is 0 Å². The van der Waals surface area contributed by atoms with Crippen LogP contribution >= 0.6 is 11.8 Å². The van der Waals surface area contributed by atoms with Crippen molar-refractivity contribution in [2.75, 3.05) is 26.5 Å². The molecule has 0 aromatic heterocycles. The molecule has 0 spiro atoms. The number of carbonyl (C=O) groups excluding carboxylic acids is 1. The van der Waals surface area contributed by atoms with Gasteiger partial charge in [-0.25, -0.2) is 4.39 Å². The molecule has 0 aliphatic carbocycles.